The number of nitrogens with one attached hydrogen (secondary N) is 2. The first-order chi connectivity index (χ1) is 13.9. The van der Waals surface area contributed by atoms with Gasteiger partial charge in [0.05, 0.1) is 11.3 Å². The highest BCUT2D eigenvalue weighted by Gasteiger charge is 2.60. The Kier molecular flexibility index (Phi) is 3.68. The van der Waals surface area contributed by atoms with Gasteiger partial charge in [0, 0.05) is 37.4 Å². The Morgan fingerprint density at radius 3 is 2.76 bits per heavy atom. The molecule has 0 aliphatic carbocycles. The van der Waals surface area contributed by atoms with E-state index in [-0.39, 0.29) is 11.8 Å². The van der Waals surface area contributed by atoms with E-state index >= 15 is 0 Å². The normalized spacial score (nSPS) is 22.9. The standard InChI is InChI=1S/C21H22N6O2/c1-12-16(13(2)25-24-12)19(28)27-10-8-21(17(27)18-22-9-11-26(18)3)14-6-4-5-7-15(14)23-20(21)29/h4-7,9,11,17H,8,10H2,1-3H3,(H,23,29)(H,24,25)/t17-,21+/m0/s1. The van der Waals surface area contributed by atoms with Crippen molar-refractivity contribution in [3.8, 4) is 0 Å². The number of amides is 2. The zero-order valence-electron chi connectivity index (χ0n) is 16.6. The zero-order valence-corrected chi connectivity index (χ0v) is 16.6. The SMILES string of the molecule is Cc1n[nH]c(C)c1C(=O)N1CC[C@]2(C(=O)Nc3ccccc32)[C@@H]1c1nccn1C. The molecular weight excluding hydrogens is 368 g/mol. The number of imidazole rings is 1. The molecule has 0 saturated carbocycles. The molecule has 1 aromatic carbocycles. The van der Waals surface area contributed by atoms with Crippen molar-refractivity contribution in [3.63, 3.8) is 0 Å². The molecule has 8 heteroatoms. The number of fused-ring (bicyclic) bond motifs is 2. The molecule has 0 unspecified atom stereocenters. The number of aromatic nitrogens is 4. The second-order valence-corrected chi connectivity index (χ2v) is 7.83. The third-order valence-corrected chi connectivity index (χ3v) is 6.29. The largest absolute Gasteiger partial charge is 0.336 e. The van der Waals surface area contributed by atoms with Crippen molar-refractivity contribution in [2.75, 3.05) is 11.9 Å². The fourth-order valence-corrected chi connectivity index (χ4v) is 4.91. The average molecular weight is 390 g/mol. The second kappa shape index (κ2) is 6.04. The van der Waals surface area contributed by atoms with E-state index in [4.69, 9.17) is 0 Å². The Hall–Kier alpha value is -3.42. The van der Waals surface area contributed by atoms with Crippen LogP contribution in [0.2, 0.25) is 0 Å². The lowest BCUT2D eigenvalue weighted by atomic mass is 9.74. The van der Waals surface area contributed by atoms with E-state index in [1.807, 2.05) is 55.9 Å². The molecule has 3 aromatic rings. The van der Waals surface area contributed by atoms with Crippen LogP contribution in [0.4, 0.5) is 5.69 Å². The number of H-pyrrole nitrogens is 1. The minimum Gasteiger partial charge on any atom is -0.336 e. The first-order valence-corrected chi connectivity index (χ1v) is 9.66. The van der Waals surface area contributed by atoms with E-state index in [1.165, 1.54) is 0 Å². The van der Waals surface area contributed by atoms with Gasteiger partial charge in [-0.15, -0.1) is 0 Å². The summed E-state index contributed by atoms with van der Waals surface area (Å²) in [4.78, 5) is 33.3. The molecule has 1 spiro atoms. The Bertz CT molecular complexity index is 1130. The van der Waals surface area contributed by atoms with Crippen molar-refractivity contribution in [1.29, 1.82) is 0 Å². The summed E-state index contributed by atoms with van der Waals surface area (Å²) in [6.45, 7) is 4.12. The monoisotopic (exact) mass is 390 g/mol. The van der Waals surface area contributed by atoms with Gasteiger partial charge in [-0.05, 0) is 31.9 Å². The van der Waals surface area contributed by atoms with Gasteiger partial charge in [0.15, 0.2) is 0 Å². The van der Waals surface area contributed by atoms with Gasteiger partial charge in [0.25, 0.3) is 5.91 Å². The van der Waals surface area contributed by atoms with Crippen LogP contribution in [0.1, 0.15) is 45.6 Å². The molecule has 2 amide bonds. The maximum atomic E-state index is 13.6. The second-order valence-electron chi connectivity index (χ2n) is 7.83. The molecule has 2 aromatic heterocycles. The lowest BCUT2D eigenvalue weighted by molar-refractivity contribution is -0.121. The lowest BCUT2D eigenvalue weighted by Crippen LogP contribution is -2.44. The van der Waals surface area contributed by atoms with Gasteiger partial charge in [-0.25, -0.2) is 4.98 Å². The summed E-state index contributed by atoms with van der Waals surface area (Å²) >= 11 is 0. The number of aryl methyl sites for hydroxylation is 3. The van der Waals surface area contributed by atoms with E-state index in [0.29, 0.717) is 30.0 Å². The third kappa shape index (κ3) is 2.25. The van der Waals surface area contributed by atoms with E-state index in [2.05, 4.69) is 20.5 Å². The molecule has 1 saturated heterocycles. The number of anilines is 1. The lowest BCUT2D eigenvalue weighted by Gasteiger charge is -2.33. The van der Waals surface area contributed by atoms with Crippen LogP contribution in [0.3, 0.4) is 0 Å². The van der Waals surface area contributed by atoms with Gasteiger partial charge in [-0.3, -0.25) is 14.7 Å². The Labute approximate surface area is 167 Å². The molecule has 5 rings (SSSR count). The number of carbonyl (C=O) groups excluding carboxylic acids is 2. The number of carbonyl (C=O) groups is 2. The quantitative estimate of drug-likeness (QED) is 0.701. The smallest absolute Gasteiger partial charge is 0.258 e. The van der Waals surface area contributed by atoms with Crippen LogP contribution in [-0.4, -0.2) is 43.0 Å². The minimum atomic E-state index is -0.864. The summed E-state index contributed by atoms with van der Waals surface area (Å²) < 4.78 is 1.89. The highest BCUT2D eigenvalue weighted by atomic mass is 16.2. The van der Waals surface area contributed by atoms with Crippen LogP contribution in [0, 0.1) is 13.8 Å². The molecule has 2 atom stereocenters. The summed E-state index contributed by atoms with van der Waals surface area (Å²) in [5, 5.41) is 10.1. The van der Waals surface area contributed by atoms with Crippen LogP contribution in [-0.2, 0) is 17.3 Å². The van der Waals surface area contributed by atoms with Crippen molar-refractivity contribution in [3.05, 3.63) is 65.0 Å². The number of para-hydroxylation sites is 1. The number of aromatic amines is 1. The Balaban J connectivity index is 1.70. The van der Waals surface area contributed by atoms with E-state index in [9.17, 15) is 9.59 Å². The number of nitrogens with zero attached hydrogens (tertiary/aromatic N) is 4. The van der Waals surface area contributed by atoms with Crippen LogP contribution >= 0.6 is 0 Å². The highest BCUT2D eigenvalue weighted by molar-refractivity contribution is 6.08. The highest BCUT2D eigenvalue weighted by Crippen LogP contribution is 2.54. The summed E-state index contributed by atoms with van der Waals surface area (Å²) in [5.74, 6) is 0.486. The third-order valence-electron chi connectivity index (χ3n) is 6.29. The molecule has 8 nitrogen and oxygen atoms in total. The fourth-order valence-electron chi connectivity index (χ4n) is 4.91. The first-order valence-electron chi connectivity index (χ1n) is 9.66. The summed E-state index contributed by atoms with van der Waals surface area (Å²) in [7, 11) is 1.89. The number of benzene rings is 1. The van der Waals surface area contributed by atoms with Gasteiger partial charge < -0.3 is 14.8 Å². The molecule has 4 heterocycles. The molecule has 2 aliphatic heterocycles. The summed E-state index contributed by atoms with van der Waals surface area (Å²) in [5.41, 5.74) is 2.81. The molecule has 2 aliphatic rings. The van der Waals surface area contributed by atoms with Crippen LogP contribution < -0.4 is 5.32 Å². The predicted octanol–water partition coefficient (Wildman–Crippen LogP) is 2.24. The molecule has 148 valence electrons. The maximum Gasteiger partial charge on any atom is 0.258 e. The number of hydrogen-bond donors (Lipinski definition) is 2. The van der Waals surface area contributed by atoms with Crippen molar-refractivity contribution in [2.45, 2.75) is 31.7 Å². The fraction of sp³-hybridized carbons (Fsp3) is 0.333. The predicted molar refractivity (Wildman–Crippen MR) is 106 cm³/mol. The molecule has 29 heavy (non-hydrogen) atoms. The first kappa shape index (κ1) is 17.7. The molecule has 2 N–H and O–H groups in total. The van der Waals surface area contributed by atoms with Gasteiger partial charge >= 0.3 is 0 Å². The topological polar surface area (TPSA) is 95.9 Å². The van der Waals surface area contributed by atoms with Crippen molar-refractivity contribution in [1.82, 2.24) is 24.6 Å². The van der Waals surface area contributed by atoms with Crippen molar-refractivity contribution < 1.29 is 9.59 Å². The molecule has 1 fully saturated rings. The Morgan fingerprint density at radius 1 is 1.28 bits per heavy atom. The van der Waals surface area contributed by atoms with Crippen molar-refractivity contribution in [2.24, 2.45) is 7.05 Å². The van der Waals surface area contributed by atoms with Crippen LogP contribution in [0.15, 0.2) is 36.7 Å². The average Bonchev–Trinajstić information content (AvgIpc) is 3.44. The van der Waals surface area contributed by atoms with Gasteiger partial charge in [-0.1, -0.05) is 18.2 Å². The Morgan fingerprint density at radius 2 is 2.07 bits per heavy atom. The van der Waals surface area contributed by atoms with Crippen molar-refractivity contribution >= 4 is 17.5 Å². The molecule has 0 radical (unpaired) electrons. The number of hydrogen-bond acceptors (Lipinski definition) is 4. The molecule has 0 bridgehead atoms. The maximum absolute atomic E-state index is 13.6. The van der Waals surface area contributed by atoms with Crippen LogP contribution in [0.5, 0.6) is 0 Å². The minimum absolute atomic E-state index is 0.0809. The van der Waals surface area contributed by atoms with E-state index in [0.717, 1.165) is 16.9 Å². The van der Waals surface area contributed by atoms with E-state index in [1.54, 1.807) is 11.1 Å². The van der Waals surface area contributed by atoms with Gasteiger partial charge in [0.1, 0.15) is 17.3 Å². The number of likely N-dealkylation sites (tertiary alicyclic amines) is 1. The van der Waals surface area contributed by atoms with Gasteiger partial charge in [0.2, 0.25) is 5.91 Å². The molecular formula is C21H22N6O2. The number of rotatable bonds is 2. The summed E-state index contributed by atoms with van der Waals surface area (Å²) in [6, 6.07) is 7.22. The van der Waals surface area contributed by atoms with Gasteiger partial charge in [-0.2, -0.15) is 5.10 Å². The van der Waals surface area contributed by atoms with E-state index < -0.39 is 11.5 Å². The zero-order chi connectivity index (χ0) is 20.3. The van der Waals surface area contributed by atoms with Crippen LogP contribution in [0.25, 0.3) is 0 Å². The summed E-state index contributed by atoms with van der Waals surface area (Å²) in [6.07, 6.45) is 4.09.